The monoisotopic (exact) mass is 211 g/mol. The van der Waals surface area contributed by atoms with Crippen LogP contribution < -0.4 is 0 Å². The lowest BCUT2D eigenvalue weighted by Crippen LogP contribution is -2.50. The van der Waals surface area contributed by atoms with Crippen molar-refractivity contribution in [2.24, 2.45) is 0 Å². The fourth-order valence-electron chi connectivity index (χ4n) is 2.64. The van der Waals surface area contributed by atoms with Crippen molar-refractivity contribution < 1.29 is 0 Å². The maximum absolute atomic E-state index is 2.78. The number of allylic oxidation sites excluding steroid dienone is 1. The highest BCUT2D eigenvalue weighted by molar-refractivity contribution is 6.46. The molecule has 0 radical (unpaired) electrons. The first kappa shape index (κ1) is 12.0. The number of nitrogens with zero attached hydrogens (tertiary/aromatic N) is 1. The SMILES string of the molecule is C/C=C\[SiH2]C(CC)(CC)N1CCCC1. The molecular formula is C12H25NSi. The molecule has 1 aliphatic rings. The first-order valence-electron chi connectivity index (χ1n) is 6.15. The second-order valence-electron chi connectivity index (χ2n) is 4.40. The maximum Gasteiger partial charge on any atom is 0.0685 e. The van der Waals surface area contributed by atoms with Crippen molar-refractivity contribution in [1.82, 2.24) is 4.90 Å². The van der Waals surface area contributed by atoms with E-state index in [-0.39, 0.29) is 9.52 Å². The van der Waals surface area contributed by atoms with Gasteiger partial charge in [0.25, 0.3) is 0 Å². The molecule has 1 heterocycles. The molecular weight excluding hydrogens is 186 g/mol. The highest BCUT2D eigenvalue weighted by atomic mass is 28.2. The third kappa shape index (κ3) is 2.48. The van der Waals surface area contributed by atoms with E-state index in [9.17, 15) is 0 Å². The molecule has 0 atom stereocenters. The van der Waals surface area contributed by atoms with E-state index in [1.807, 2.05) is 0 Å². The topological polar surface area (TPSA) is 3.24 Å². The Labute approximate surface area is 91.4 Å². The predicted octanol–water partition coefficient (Wildman–Crippen LogP) is 2.30. The van der Waals surface area contributed by atoms with E-state index in [1.54, 1.807) is 0 Å². The van der Waals surface area contributed by atoms with Gasteiger partial charge in [-0.25, -0.2) is 0 Å². The molecule has 1 nitrogen and oxygen atoms in total. The maximum atomic E-state index is 2.78. The van der Waals surface area contributed by atoms with Gasteiger partial charge in [-0.15, -0.1) is 5.70 Å². The van der Waals surface area contributed by atoms with E-state index in [1.165, 1.54) is 38.8 Å². The van der Waals surface area contributed by atoms with Gasteiger partial charge < -0.3 is 4.90 Å². The third-order valence-corrected chi connectivity index (χ3v) is 6.74. The first-order chi connectivity index (χ1) is 6.79. The van der Waals surface area contributed by atoms with Crippen LogP contribution in [0.5, 0.6) is 0 Å². The van der Waals surface area contributed by atoms with E-state index >= 15 is 0 Å². The van der Waals surface area contributed by atoms with Crippen LogP contribution >= 0.6 is 0 Å². The minimum atomic E-state index is -0.0657. The Bertz CT molecular complexity index is 179. The molecule has 0 N–H and O–H groups in total. The molecule has 1 saturated heterocycles. The zero-order chi connectivity index (χ0) is 10.4. The molecule has 0 aliphatic carbocycles. The highest BCUT2D eigenvalue weighted by Crippen LogP contribution is 2.27. The minimum Gasteiger partial charge on any atom is -0.301 e. The van der Waals surface area contributed by atoms with Crippen molar-refractivity contribution in [1.29, 1.82) is 0 Å². The summed E-state index contributed by atoms with van der Waals surface area (Å²) >= 11 is 0. The quantitative estimate of drug-likeness (QED) is 0.631. The summed E-state index contributed by atoms with van der Waals surface area (Å²) in [6.45, 7) is 9.61. The number of rotatable bonds is 5. The Morgan fingerprint density at radius 1 is 1.21 bits per heavy atom. The lowest BCUT2D eigenvalue weighted by Gasteiger charge is -2.40. The molecule has 82 valence electrons. The van der Waals surface area contributed by atoms with Gasteiger partial charge in [-0.3, -0.25) is 0 Å². The van der Waals surface area contributed by atoms with Gasteiger partial charge in [-0.2, -0.15) is 0 Å². The van der Waals surface area contributed by atoms with Gasteiger partial charge >= 0.3 is 0 Å². The summed E-state index contributed by atoms with van der Waals surface area (Å²) in [7, 11) is -0.0657. The molecule has 0 amide bonds. The lowest BCUT2D eigenvalue weighted by molar-refractivity contribution is 0.186. The Morgan fingerprint density at radius 2 is 1.79 bits per heavy atom. The largest absolute Gasteiger partial charge is 0.301 e. The summed E-state index contributed by atoms with van der Waals surface area (Å²) in [5.41, 5.74) is 2.48. The molecule has 0 spiro atoms. The lowest BCUT2D eigenvalue weighted by atomic mass is 10.1. The van der Waals surface area contributed by atoms with Crippen LogP contribution in [-0.2, 0) is 0 Å². The normalized spacial score (nSPS) is 20.5. The molecule has 0 bridgehead atoms. The van der Waals surface area contributed by atoms with Gasteiger partial charge in [0.2, 0.25) is 0 Å². The Balaban J connectivity index is 2.67. The van der Waals surface area contributed by atoms with Crippen LogP contribution in [0.15, 0.2) is 11.8 Å². The second-order valence-corrected chi connectivity index (χ2v) is 6.59. The second kappa shape index (κ2) is 5.71. The molecule has 0 aromatic carbocycles. The van der Waals surface area contributed by atoms with Crippen LogP contribution in [0, 0.1) is 0 Å². The van der Waals surface area contributed by atoms with Gasteiger partial charge in [0.15, 0.2) is 0 Å². The average Bonchev–Trinajstić information content (AvgIpc) is 2.74. The number of likely N-dealkylation sites (tertiary alicyclic amines) is 1. The van der Waals surface area contributed by atoms with Gasteiger partial charge in [-0.05, 0) is 45.7 Å². The highest BCUT2D eigenvalue weighted by Gasteiger charge is 2.33. The summed E-state index contributed by atoms with van der Waals surface area (Å²) in [4.78, 5) is 2.78. The predicted molar refractivity (Wildman–Crippen MR) is 67.5 cm³/mol. The van der Waals surface area contributed by atoms with Crippen molar-refractivity contribution in [3.8, 4) is 0 Å². The molecule has 1 rings (SSSR count). The van der Waals surface area contributed by atoms with Gasteiger partial charge in [0, 0.05) is 5.16 Å². The first-order valence-corrected chi connectivity index (χ1v) is 7.67. The van der Waals surface area contributed by atoms with Crippen molar-refractivity contribution in [2.45, 2.75) is 51.6 Å². The van der Waals surface area contributed by atoms with E-state index in [2.05, 4.69) is 37.4 Å². The van der Waals surface area contributed by atoms with E-state index in [0.717, 1.165) is 0 Å². The van der Waals surface area contributed by atoms with Gasteiger partial charge in [0.1, 0.15) is 0 Å². The summed E-state index contributed by atoms with van der Waals surface area (Å²) in [6.07, 6.45) is 7.79. The van der Waals surface area contributed by atoms with Crippen LogP contribution in [-0.4, -0.2) is 32.7 Å². The standard InChI is InChI=1S/C12H25NSi/c1-4-11-14-12(5-2,6-3)13-9-7-8-10-13/h4,11H,5-10,14H2,1-3H3/b11-4-. The molecule has 0 aromatic rings. The molecule has 0 aromatic heterocycles. The smallest absolute Gasteiger partial charge is 0.0685 e. The Kier molecular flexibility index (Phi) is 4.89. The summed E-state index contributed by atoms with van der Waals surface area (Å²) in [5.74, 6) is 0. The van der Waals surface area contributed by atoms with Crippen LogP contribution in [0.1, 0.15) is 46.5 Å². The Morgan fingerprint density at radius 3 is 2.21 bits per heavy atom. The molecule has 14 heavy (non-hydrogen) atoms. The average molecular weight is 211 g/mol. The molecule has 0 unspecified atom stereocenters. The molecule has 1 aliphatic heterocycles. The van der Waals surface area contributed by atoms with Crippen molar-refractivity contribution in [3.05, 3.63) is 11.8 Å². The number of hydrogen-bond donors (Lipinski definition) is 0. The van der Waals surface area contributed by atoms with Crippen LogP contribution in [0.4, 0.5) is 0 Å². The fraction of sp³-hybridized carbons (Fsp3) is 0.833. The van der Waals surface area contributed by atoms with Crippen LogP contribution in [0.3, 0.4) is 0 Å². The van der Waals surface area contributed by atoms with Crippen molar-refractivity contribution >= 4 is 9.52 Å². The summed E-state index contributed by atoms with van der Waals surface area (Å²) < 4.78 is 0. The van der Waals surface area contributed by atoms with E-state index in [4.69, 9.17) is 0 Å². The van der Waals surface area contributed by atoms with E-state index in [0.29, 0.717) is 5.16 Å². The zero-order valence-corrected chi connectivity index (χ0v) is 11.5. The number of hydrogen-bond acceptors (Lipinski definition) is 1. The zero-order valence-electron chi connectivity index (χ0n) is 10.1. The minimum absolute atomic E-state index is 0.0657. The summed E-state index contributed by atoms with van der Waals surface area (Å²) in [6, 6.07) is 0. The van der Waals surface area contributed by atoms with Crippen molar-refractivity contribution in [3.63, 3.8) is 0 Å². The summed E-state index contributed by atoms with van der Waals surface area (Å²) in [5, 5.41) is 0.600. The Hall–Kier alpha value is -0.0831. The molecule has 0 saturated carbocycles. The van der Waals surface area contributed by atoms with Crippen LogP contribution in [0.25, 0.3) is 0 Å². The van der Waals surface area contributed by atoms with Gasteiger partial charge in [0.05, 0.1) is 9.52 Å². The van der Waals surface area contributed by atoms with Crippen LogP contribution in [0.2, 0.25) is 0 Å². The van der Waals surface area contributed by atoms with Gasteiger partial charge in [-0.1, -0.05) is 19.9 Å². The fourth-order valence-corrected chi connectivity index (χ4v) is 4.47. The van der Waals surface area contributed by atoms with Crippen molar-refractivity contribution in [2.75, 3.05) is 13.1 Å². The molecule has 2 heteroatoms. The van der Waals surface area contributed by atoms with E-state index < -0.39 is 0 Å². The molecule has 1 fully saturated rings. The third-order valence-electron chi connectivity index (χ3n) is 3.83.